The summed E-state index contributed by atoms with van der Waals surface area (Å²) in [7, 11) is 0. The van der Waals surface area contributed by atoms with Crippen LogP contribution in [0, 0.1) is 20.8 Å². The van der Waals surface area contributed by atoms with E-state index < -0.39 is 0 Å². The van der Waals surface area contributed by atoms with Crippen molar-refractivity contribution >= 4 is 32.7 Å². The molecule has 0 saturated heterocycles. The van der Waals surface area contributed by atoms with Crippen LogP contribution >= 0.6 is 0 Å². The number of furan rings is 1. The molecule has 3 nitrogen and oxygen atoms in total. The first-order valence-electron chi connectivity index (χ1n) is 6.93. The first-order valence-corrected chi connectivity index (χ1v) is 6.93. The van der Waals surface area contributed by atoms with Crippen molar-refractivity contribution in [2.45, 2.75) is 20.8 Å². The largest absolute Gasteiger partial charge is 0.461 e. The van der Waals surface area contributed by atoms with Gasteiger partial charge in [-0.3, -0.25) is 0 Å². The minimum Gasteiger partial charge on any atom is -0.461 e. The molecular weight excluding hydrogens is 264 g/mol. The van der Waals surface area contributed by atoms with Crippen LogP contribution in [0.25, 0.3) is 32.7 Å². The fraction of sp³-hybridized carbons (Fsp3) is 0.167. The lowest BCUT2D eigenvalue weighted by molar-refractivity contribution is 0.561. The Morgan fingerprint density at radius 1 is 0.810 bits per heavy atom. The van der Waals surface area contributed by atoms with Crippen molar-refractivity contribution in [3.05, 3.63) is 57.6 Å². The maximum atomic E-state index is 12.1. The summed E-state index contributed by atoms with van der Waals surface area (Å²) in [5, 5.41) is 3.65. The Morgan fingerprint density at radius 2 is 1.48 bits per heavy atom. The third-order valence-electron chi connectivity index (χ3n) is 4.29. The zero-order valence-electron chi connectivity index (χ0n) is 12.1. The smallest absolute Gasteiger partial charge is 0.344 e. The van der Waals surface area contributed by atoms with Crippen LogP contribution in [-0.4, -0.2) is 0 Å². The van der Waals surface area contributed by atoms with Crippen molar-refractivity contribution < 1.29 is 8.83 Å². The number of rotatable bonds is 0. The number of hydrogen-bond acceptors (Lipinski definition) is 3. The van der Waals surface area contributed by atoms with Gasteiger partial charge in [0, 0.05) is 22.2 Å². The Labute approximate surface area is 120 Å². The van der Waals surface area contributed by atoms with Crippen LogP contribution in [0.1, 0.15) is 16.9 Å². The Morgan fingerprint density at radius 3 is 2.24 bits per heavy atom. The molecule has 4 rings (SSSR count). The third kappa shape index (κ3) is 1.51. The predicted molar refractivity (Wildman–Crippen MR) is 84.0 cm³/mol. The average Bonchev–Trinajstić information content (AvgIpc) is 2.74. The molecule has 2 aromatic heterocycles. The fourth-order valence-electron chi connectivity index (χ4n) is 3.17. The molecule has 0 N–H and O–H groups in total. The van der Waals surface area contributed by atoms with Gasteiger partial charge >= 0.3 is 5.63 Å². The van der Waals surface area contributed by atoms with Gasteiger partial charge in [-0.15, -0.1) is 0 Å². The van der Waals surface area contributed by atoms with E-state index in [0.29, 0.717) is 11.0 Å². The molecule has 3 heteroatoms. The lowest BCUT2D eigenvalue weighted by Crippen LogP contribution is -2.00. The quantitative estimate of drug-likeness (QED) is 0.348. The van der Waals surface area contributed by atoms with Gasteiger partial charge in [0.25, 0.3) is 0 Å². The predicted octanol–water partition coefficient (Wildman–Crippen LogP) is 4.62. The van der Waals surface area contributed by atoms with E-state index in [1.54, 1.807) is 6.07 Å². The van der Waals surface area contributed by atoms with Gasteiger partial charge in [-0.05, 0) is 38.0 Å². The Kier molecular flexibility index (Phi) is 2.31. The summed E-state index contributed by atoms with van der Waals surface area (Å²) in [4.78, 5) is 12.1. The molecule has 21 heavy (non-hydrogen) atoms. The second kappa shape index (κ2) is 3.98. The Balaban J connectivity index is 2.38. The van der Waals surface area contributed by atoms with Gasteiger partial charge in [0.2, 0.25) is 0 Å². The summed E-state index contributed by atoms with van der Waals surface area (Å²) >= 11 is 0. The normalized spacial score (nSPS) is 11.8. The van der Waals surface area contributed by atoms with Crippen molar-refractivity contribution in [3.63, 3.8) is 0 Å². The van der Waals surface area contributed by atoms with E-state index in [0.717, 1.165) is 38.6 Å². The fourth-order valence-corrected chi connectivity index (χ4v) is 3.17. The summed E-state index contributed by atoms with van der Waals surface area (Å²) in [6.07, 6.45) is 0. The molecule has 0 aliphatic carbocycles. The highest BCUT2D eigenvalue weighted by molar-refractivity contribution is 6.11. The molecule has 0 amide bonds. The number of hydrogen-bond donors (Lipinski definition) is 0. The molecule has 4 aromatic rings. The number of aryl methyl sites for hydroxylation is 3. The lowest BCUT2D eigenvalue weighted by atomic mass is 9.98. The molecule has 0 bridgehead atoms. The van der Waals surface area contributed by atoms with E-state index >= 15 is 0 Å². The van der Waals surface area contributed by atoms with Crippen LogP contribution in [0.4, 0.5) is 0 Å². The highest BCUT2D eigenvalue weighted by Crippen LogP contribution is 2.35. The average molecular weight is 278 g/mol. The summed E-state index contributed by atoms with van der Waals surface area (Å²) in [6.45, 7) is 6.06. The zero-order chi connectivity index (χ0) is 14.7. The number of benzene rings is 2. The molecule has 0 radical (unpaired) electrons. The van der Waals surface area contributed by atoms with Crippen LogP contribution in [0.3, 0.4) is 0 Å². The van der Waals surface area contributed by atoms with Crippen LogP contribution in [0.5, 0.6) is 0 Å². The standard InChI is InChI=1S/C18H14O3/c1-9-11(3)20-14-8-15-17(10(2)16(9)14)12-6-4-5-7-13(12)18(19)21-15/h4-8H,1-3H3. The van der Waals surface area contributed by atoms with Gasteiger partial charge in [-0.25, -0.2) is 4.79 Å². The molecule has 0 unspecified atom stereocenters. The topological polar surface area (TPSA) is 43.4 Å². The van der Waals surface area contributed by atoms with Gasteiger partial charge in [-0.2, -0.15) is 0 Å². The van der Waals surface area contributed by atoms with Crippen molar-refractivity contribution in [2.75, 3.05) is 0 Å². The van der Waals surface area contributed by atoms with Crippen LogP contribution in [-0.2, 0) is 0 Å². The second-order valence-electron chi connectivity index (χ2n) is 5.47. The van der Waals surface area contributed by atoms with Crippen LogP contribution in [0.2, 0.25) is 0 Å². The minimum atomic E-state index is -0.308. The molecular formula is C18H14O3. The monoisotopic (exact) mass is 278 g/mol. The zero-order valence-corrected chi connectivity index (χ0v) is 12.1. The van der Waals surface area contributed by atoms with Gasteiger partial charge < -0.3 is 8.83 Å². The van der Waals surface area contributed by atoms with E-state index in [1.807, 2.05) is 31.2 Å². The SMILES string of the molecule is Cc1oc2cc3oc(=O)c4ccccc4c3c(C)c2c1C. The third-order valence-corrected chi connectivity index (χ3v) is 4.29. The Hall–Kier alpha value is -2.55. The molecule has 0 aliphatic rings. The van der Waals surface area contributed by atoms with E-state index in [2.05, 4.69) is 13.8 Å². The molecule has 0 fully saturated rings. The van der Waals surface area contributed by atoms with Crippen molar-refractivity contribution in [1.82, 2.24) is 0 Å². The molecule has 0 atom stereocenters. The van der Waals surface area contributed by atoms with Crippen molar-refractivity contribution in [1.29, 1.82) is 0 Å². The van der Waals surface area contributed by atoms with E-state index in [9.17, 15) is 4.79 Å². The highest BCUT2D eigenvalue weighted by atomic mass is 16.4. The number of fused-ring (bicyclic) bond motifs is 4. The van der Waals surface area contributed by atoms with Crippen molar-refractivity contribution in [3.8, 4) is 0 Å². The van der Waals surface area contributed by atoms with Crippen molar-refractivity contribution in [2.24, 2.45) is 0 Å². The lowest BCUT2D eigenvalue weighted by Gasteiger charge is -2.07. The molecule has 0 aliphatic heterocycles. The maximum absolute atomic E-state index is 12.1. The first kappa shape index (κ1) is 12.2. The van der Waals surface area contributed by atoms with Gasteiger partial charge in [-0.1, -0.05) is 18.2 Å². The van der Waals surface area contributed by atoms with Gasteiger partial charge in [0.15, 0.2) is 0 Å². The molecule has 2 aromatic carbocycles. The molecule has 0 saturated carbocycles. The highest BCUT2D eigenvalue weighted by Gasteiger charge is 2.16. The first-order chi connectivity index (χ1) is 10.1. The molecule has 0 spiro atoms. The maximum Gasteiger partial charge on any atom is 0.344 e. The van der Waals surface area contributed by atoms with Gasteiger partial charge in [0.05, 0.1) is 5.39 Å². The summed E-state index contributed by atoms with van der Waals surface area (Å²) in [5.74, 6) is 0.898. The van der Waals surface area contributed by atoms with Gasteiger partial charge in [0.1, 0.15) is 16.9 Å². The molecule has 2 heterocycles. The summed E-state index contributed by atoms with van der Waals surface area (Å²) in [6, 6.07) is 9.39. The van der Waals surface area contributed by atoms with E-state index in [-0.39, 0.29) is 5.63 Å². The Bertz CT molecular complexity index is 1080. The molecule has 104 valence electrons. The van der Waals surface area contributed by atoms with Crippen LogP contribution < -0.4 is 5.63 Å². The minimum absolute atomic E-state index is 0.308. The summed E-state index contributed by atoms with van der Waals surface area (Å²) in [5.41, 5.74) is 3.28. The van der Waals surface area contributed by atoms with E-state index in [1.165, 1.54) is 0 Å². The van der Waals surface area contributed by atoms with Crippen LogP contribution in [0.15, 0.2) is 44.0 Å². The summed E-state index contributed by atoms with van der Waals surface area (Å²) < 4.78 is 11.3. The van der Waals surface area contributed by atoms with E-state index in [4.69, 9.17) is 8.83 Å². The second-order valence-corrected chi connectivity index (χ2v) is 5.47.